The van der Waals surface area contributed by atoms with Gasteiger partial charge < -0.3 is 0 Å². The van der Waals surface area contributed by atoms with E-state index in [0.29, 0.717) is 17.5 Å². The predicted octanol–water partition coefficient (Wildman–Crippen LogP) is 7.16. The van der Waals surface area contributed by atoms with Crippen LogP contribution < -0.4 is 0 Å². The fourth-order valence-corrected chi connectivity index (χ4v) is 3.13. The Bertz CT molecular complexity index is 894. The van der Waals surface area contributed by atoms with E-state index in [1.54, 1.807) is 13.0 Å². The van der Waals surface area contributed by atoms with Crippen LogP contribution in [0.15, 0.2) is 77.3 Å². The second-order valence-electron chi connectivity index (χ2n) is 6.42. The van der Waals surface area contributed by atoms with Crippen LogP contribution >= 0.6 is 0 Å². The maximum atomic E-state index is 14.3. The summed E-state index contributed by atoms with van der Waals surface area (Å²) in [6.07, 6.45) is 11.7. The van der Waals surface area contributed by atoms with Gasteiger partial charge in [-0.15, -0.1) is 11.5 Å². The van der Waals surface area contributed by atoms with Gasteiger partial charge in [-0.25, -0.2) is 8.78 Å². The second-order valence-corrected chi connectivity index (χ2v) is 6.42. The number of benzene rings is 1. The van der Waals surface area contributed by atoms with Gasteiger partial charge in [0.25, 0.3) is 0 Å². The average molecular weight is 350 g/mol. The number of allylic oxidation sites excluding steroid dienone is 8. The van der Waals surface area contributed by atoms with Crippen LogP contribution in [-0.2, 0) is 0 Å². The molecule has 0 heterocycles. The lowest BCUT2D eigenvalue weighted by Gasteiger charge is -2.16. The number of rotatable bonds is 4. The lowest BCUT2D eigenvalue weighted by atomic mass is 9.89. The first-order valence-corrected chi connectivity index (χ1v) is 8.73. The molecule has 0 saturated heterocycles. The maximum Gasteiger partial charge on any atom is 0.131 e. The van der Waals surface area contributed by atoms with Crippen molar-refractivity contribution in [1.82, 2.24) is 0 Å². The van der Waals surface area contributed by atoms with E-state index in [-0.39, 0.29) is 5.82 Å². The topological polar surface area (TPSA) is 0 Å². The van der Waals surface area contributed by atoms with Gasteiger partial charge in [0, 0.05) is 11.1 Å². The minimum absolute atomic E-state index is 0.347. The summed E-state index contributed by atoms with van der Waals surface area (Å²) in [6.45, 7) is 9.32. The van der Waals surface area contributed by atoms with Crippen LogP contribution in [0.3, 0.4) is 0 Å². The Morgan fingerprint density at radius 1 is 1.15 bits per heavy atom. The highest BCUT2D eigenvalue weighted by Crippen LogP contribution is 2.32. The molecule has 1 aliphatic rings. The average Bonchev–Trinajstić information content (AvgIpc) is 2.60. The Labute approximate surface area is 154 Å². The third-order valence-electron chi connectivity index (χ3n) is 4.64. The molecule has 0 saturated carbocycles. The molecule has 26 heavy (non-hydrogen) atoms. The lowest BCUT2D eigenvalue weighted by Crippen LogP contribution is -2.00. The molecule has 0 aromatic heterocycles. The minimum Gasteiger partial charge on any atom is -0.207 e. The van der Waals surface area contributed by atoms with Crippen molar-refractivity contribution in [1.29, 1.82) is 0 Å². The highest BCUT2D eigenvalue weighted by atomic mass is 19.1. The minimum atomic E-state index is -0.390. The fraction of sp³-hybridized carbons (Fsp3) is 0.250. The second kappa shape index (κ2) is 9.15. The molecule has 0 bridgehead atoms. The Hall–Kier alpha value is -2.66. The largest absolute Gasteiger partial charge is 0.207 e. The fourth-order valence-electron chi connectivity index (χ4n) is 3.13. The van der Waals surface area contributed by atoms with Crippen LogP contribution in [0, 0.1) is 18.6 Å². The highest BCUT2D eigenvalue weighted by molar-refractivity contribution is 5.69. The summed E-state index contributed by atoms with van der Waals surface area (Å²) in [5, 5.41) is 0. The van der Waals surface area contributed by atoms with Crippen molar-refractivity contribution in [3.05, 3.63) is 100 Å². The van der Waals surface area contributed by atoms with E-state index in [4.69, 9.17) is 0 Å². The summed E-state index contributed by atoms with van der Waals surface area (Å²) >= 11 is 0. The van der Waals surface area contributed by atoms with Gasteiger partial charge in [-0.05, 0) is 81.0 Å². The molecule has 2 rings (SSSR count). The molecule has 2 heteroatoms. The van der Waals surface area contributed by atoms with Gasteiger partial charge >= 0.3 is 0 Å². The molecule has 1 aliphatic carbocycles. The Balaban J connectivity index is 2.35. The standard InChI is InChI=1S/C24H24F2/c1-5-6-7-8-10-17(2)21-12-9-11-20(14-13-18(21)3)24-19(4)22(25)15-16-23(24)26/h6-10,15-16H,1,12-14H2,2-4H3/b8-7-,17-10+,21-18+. The Morgan fingerprint density at radius 2 is 1.88 bits per heavy atom. The van der Waals surface area contributed by atoms with Crippen molar-refractivity contribution < 1.29 is 8.78 Å². The zero-order chi connectivity index (χ0) is 19.1. The highest BCUT2D eigenvalue weighted by Gasteiger charge is 2.16. The summed E-state index contributed by atoms with van der Waals surface area (Å²) in [7, 11) is 0. The first-order valence-electron chi connectivity index (χ1n) is 8.73. The number of halogens is 2. The van der Waals surface area contributed by atoms with E-state index in [2.05, 4.69) is 38.0 Å². The quantitative estimate of drug-likeness (QED) is 0.399. The first kappa shape index (κ1) is 19.7. The van der Waals surface area contributed by atoms with Crippen molar-refractivity contribution >= 4 is 5.57 Å². The molecule has 0 aliphatic heterocycles. The summed E-state index contributed by atoms with van der Waals surface area (Å²) in [5.74, 6) is -0.774. The molecular weight excluding hydrogens is 326 g/mol. The van der Waals surface area contributed by atoms with Crippen LogP contribution in [-0.4, -0.2) is 0 Å². The predicted molar refractivity (Wildman–Crippen MR) is 106 cm³/mol. The molecule has 1 aromatic rings. The Morgan fingerprint density at radius 3 is 2.62 bits per heavy atom. The molecule has 0 atom stereocenters. The third-order valence-corrected chi connectivity index (χ3v) is 4.64. The van der Waals surface area contributed by atoms with Crippen molar-refractivity contribution in [3.8, 4) is 0 Å². The molecule has 0 radical (unpaired) electrons. The monoisotopic (exact) mass is 350 g/mol. The smallest absolute Gasteiger partial charge is 0.131 e. The van der Waals surface area contributed by atoms with Crippen LogP contribution in [0.25, 0.3) is 5.57 Å². The maximum absolute atomic E-state index is 14.3. The van der Waals surface area contributed by atoms with Gasteiger partial charge in [0.05, 0.1) is 0 Å². The molecular formula is C24H24F2. The number of hydrogen-bond donors (Lipinski definition) is 0. The van der Waals surface area contributed by atoms with Crippen LogP contribution in [0.2, 0.25) is 0 Å². The van der Waals surface area contributed by atoms with Gasteiger partial charge in [0.15, 0.2) is 0 Å². The van der Waals surface area contributed by atoms with Gasteiger partial charge in [-0.1, -0.05) is 30.4 Å². The van der Waals surface area contributed by atoms with E-state index >= 15 is 0 Å². The molecule has 1 aromatic carbocycles. The van der Waals surface area contributed by atoms with Crippen molar-refractivity contribution in [2.24, 2.45) is 0 Å². The zero-order valence-electron chi connectivity index (χ0n) is 15.6. The molecule has 0 spiro atoms. The Kier molecular flexibility index (Phi) is 6.92. The van der Waals surface area contributed by atoms with E-state index in [1.807, 2.05) is 18.2 Å². The van der Waals surface area contributed by atoms with Crippen LogP contribution in [0.4, 0.5) is 8.78 Å². The van der Waals surface area contributed by atoms with Crippen LogP contribution in [0.5, 0.6) is 0 Å². The lowest BCUT2D eigenvalue weighted by molar-refractivity contribution is 0.588. The molecule has 0 amide bonds. The van der Waals surface area contributed by atoms with E-state index in [1.165, 1.54) is 28.9 Å². The normalized spacial score (nSPS) is 18.3. The van der Waals surface area contributed by atoms with E-state index in [9.17, 15) is 8.78 Å². The van der Waals surface area contributed by atoms with Crippen LogP contribution in [0.1, 0.15) is 44.2 Å². The van der Waals surface area contributed by atoms with Gasteiger partial charge in [0.1, 0.15) is 11.6 Å². The van der Waals surface area contributed by atoms with Gasteiger partial charge in [0.2, 0.25) is 0 Å². The number of hydrogen-bond acceptors (Lipinski definition) is 0. The first-order chi connectivity index (χ1) is 12.5. The zero-order valence-corrected chi connectivity index (χ0v) is 15.6. The van der Waals surface area contributed by atoms with Crippen molar-refractivity contribution in [3.63, 3.8) is 0 Å². The van der Waals surface area contributed by atoms with E-state index in [0.717, 1.165) is 18.4 Å². The van der Waals surface area contributed by atoms with Crippen molar-refractivity contribution in [2.75, 3.05) is 0 Å². The molecule has 0 unspecified atom stereocenters. The summed E-state index contributed by atoms with van der Waals surface area (Å²) in [4.78, 5) is 0. The molecule has 0 N–H and O–H groups in total. The SMILES string of the molecule is C=C=C\C=C/C=C(C)/C1=C(\C)CCC(c2c(F)ccc(F)c2C)=C=CC1. The van der Waals surface area contributed by atoms with Gasteiger partial charge in [-0.2, -0.15) is 0 Å². The van der Waals surface area contributed by atoms with Gasteiger partial charge in [-0.3, -0.25) is 0 Å². The summed E-state index contributed by atoms with van der Waals surface area (Å²) < 4.78 is 28.1. The van der Waals surface area contributed by atoms with Crippen molar-refractivity contribution in [2.45, 2.75) is 40.0 Å². The molecule has 0 fully saturated rings. The molecule has 0 nitrogen and oxygen atoms in total. The summed E-state index contributed by atoms with van der Waals surface area (Å²) in [6, 6.07) is 2.37. The van der Waals surface area contributed by atoms with E-state index < -0.39 is 5.82 Å². The third kappa shape index (κ3) is 4.70. The molecule has 134 valence electrons. The summed E-state index contributed by atoms with van der Waals surface area (Å²) in [5.41, 5.74) is 11.1.